The molecule has 0 bridgehead atoms. The van der Waals surface area contributed by atoms with Gasteiger partial charge in [0.15, 0.2) is 0 Å². The lowest BCUT2D eigenvalue weighted by atomic mass is 10.3. The number of thioether (sulfide) groups is 1. The van der Waals surface area contributed by atoms with Crippen LogP contribution in [0.3, 0.4) is 0 Å². The lowest BCUT2D eigenvalue weighted by Gasteiger charge is -1.93. The van der Waals surface area contributed by atoms with Gasteiger partial charge in [-0.15, -0.1) is 11.8 Å². The number of carbonyl (C=O) groups is 1. The van der Waals surface area contributed by atoms with E-state index < -0.39 is 5.97 Å². The number of aromatic hydroxyl groups is 1. The van der Waals surface area contributed by atoms with Crippen LogP contribution in [-0.2, 0) is 4.79 Å². The normalized spacial score (nSPS) is 7.18. The Morgan fingerprint density at radius 1 is 1.18 bits per heavy atom. The maximum Gasteiger partial charge on any atom is 0.300 e. The van der Waals surface area contributed by atoms with Crippen LogP contribution in [0.2, 0.25) is 0 Å². The van der Waals surface area contributed by atoms with E-state index >= 15 is 0 Å². The largest absolute Gasteiger partial charge is 0.508 e. The van der Waals surface area contributed by atoms with Gasteiger partial charge < -0.3 is 15.9 Å². The summed E-state index contributed by atoms with van der Waals surface area (Å²) < 4.78 is 0. The van der Waals surface area contributed by atoms with E-state index in [9.17, 15) is 0 Å². The Morgan fingerprint density at radius 2 is 1.47 bits per heavy atom. The number of phenolic OH excluding ortho intramolecular Hbond substituents is 1. The molecule has 0 unspecified atom stereocenters. The van der Waals surface area contributed by atoms with Gasteiger partial charge in [0.1, 0.15) is 5.75 Å². The highest BCUT2D eigenvalue weighted by molar-refractivity contribution is 7.98. The SMILES string of the molecule is CC.CC(=O)O.CN.CSc1ccc(O)cc1. The number of carboxylic acid groups (broad SMARTS) is 1. The summed E-state index contributed by atoms with van der Waals surface area (Å²) in [7, 11) is 1.50. The minimum absolute atomic E-state index is 0.327. The molecule has 4 N–H and O–H groups in total. The number of rotatable bonds is 1. The van der Waals surface area contributed by atoms with E-state index in [1.807, 2.05) is 32.2 Å². The molecule has 4 nitrogen and oxygen atoms in total. The molecule has 1 aromatic carbocycles. The van der Waals surface area contributed by atoms with E-state index in [1.54, 1.807) is 23.9 Å². The molecule has 0 atom stereocenters. The molecule has 0 saturated carbocycles. The van der Waals surface area contributed by atoms with E-state index in [4.69, 9.17) is 15.0 Å². The van der Waals surface area contributed by atoms with E-state index in [-0.39, 0.29) is 0 Å². The van der Waals surface area contributed by atoms with Crippen LogP contribution in [0.5, 0.6) is 5.75 Å². The average molecular weight is 261 g/mol. The van der Waals surface area contributed by atoms with Gasteiger partial charge in [-0.1, -0.05) is 13.8 Å². The standard InChI is InChI=1S/C7H8OS.C2H4O2.C2H6.CH5N/c1-9-7-4-2-6(8)3-5-7;1-2(3)4;2*1-2/h2-5,8H,1H3;1H3,(H,3,4);1-2H3;2H2,1H3. The van der Waals surface area contributed by atoms with Crippen molar-refractivity contribution in [2.24, 2.45) is 5.73 Å². The van der Waals surface area contributed by atoms with Crippen molar-refractivity contribution in [3.8, 4) is 5.75 Å². The van der Waals surface area contributed by atoms with Gasteiger partial charge in [-0.2, -0.15) is 0 Å². The summed E-state index contributed by atoms with van der Waals surface area (Å²) in [5.41, 5.74) is 4.50. The Balaban J connectivity index is -0.000000208. The molecule has 17 heavy (non-hydrogen) atoms. The number of carboxylic acids is 1. The summed E-state index contributed by atoms with van der Waals surface area (Å²) in [6.07, 6.45) is 2.01. The molecule has 0 fully saturated rings. The van der Waals surface area contributed by atoms with Crippen LogP contribution in [0, 0.1) is 0 Å². The number of hydrogen-bond acceptors (Lipinski definition) is 4. The summed E-state index contributed by atoms with van der Waals surface area (Å²) in [6, 6.07) is 7.15. The molecular weight excluding hydrogens is 238 g/mol. The highest BCUT2D eigenvalue weighted by Crippen LogP contribution is 2.17. The van der Waals surface area contributed by atoms with E-state index in [2.05, 4.69) is 5.73 Å². The molecule has 1 rings (SSSR count). The summed E-state index contributed by atoms with van der Waals surface area (Å²) in [5.74, 6) is -0.507. The first-order valence-electron chi connectivity index (χ1n) is 5.16. The first-order valence-corrected chi connectivity index (χ1v) is 6.39. The molecule has 0 saturated heterocycles. The number of nitrogens with two attached hydrogens (primary N) is 1. The van der Waals surface area contributed by atoms with Gasteiger partial charge in [0, 0.05) is 11.8 Å². The van der Waals surface area contributed by atoms with Crippen molar-refractivity contribution in [1.29, 1.82) is 0 Å². The lowest BCUT2D eigenvalue weighted by Crippen LogP contribution is -1.78. The zero-order valence-corrected chi connectivity index (χ0v) is 11.9. The predicted molar refractivity (Wildman–Crippen MR) is 74.7 cm³/mol. The van der Waals surface area contributed by atoms with Crippen LogP contribution < -0.4 is 5.73 Å². The number of aliphatic carboxylic acids is 1. The highest BCUT2D eigenvalue weighted by Gasteiger charge is 1.87. The van der Waals surface area contributed by atoms with Crippen molar-refractivity contribution in [2.45, 2.75) is 25.7 Å². The average Bonchev–Trinajstić information content (AvgIpc) is 2.34. The second kappa shape index (κ2) is 17.2. The van der Waals surface area contributed by atoms with Crippen molar-refractivity contribution in [1.82, 2.24) is 0 Å². The number of hydrogen-bond donors (Lipinski definition) is 3. The number of benzene rings is 1. The summed E-state index contributed by atoms with van der Waals surface area (Å²) in [5, 5.41) is 16.3. The minimum Gasteiger partial charge on any atom is -0.508 e. The molecule has 0 aliphatic rings. The van der Waals surface area contributed by atoms with Gasteiger partial charge in [-0.3, -0.25) is 4.79 Å². The van der Waals surface area contributed by atoms with E-state index in [1.165, 1.54) is 11.9 Å². The van der Waals surface area contributed by atoms with Crippen LogP contribution in [0.15, 0.2) is 29.2 Å². The van der Waals surface area contributed by atoms with E-state index in [0.717, 1.165) is 6.92 Å². The third-order valence-corrected chi connectivity index (χ3v) is 1.82. The van der Waals surface area contributed by atoms with Crippen LogP contribution in [-0.4, -0.2) is 29.5 Å². The van der Waals surface area contributed by atoms with E-state index in [0.29, 0.717) is 5.75 Å². The highest BCUT2D eigenvalue weighted by atomic mass is 32.2. The van der Waals surface area contributed by atoms with Crippen molar-refractivity contribution < 1.29 is 15.0 Å². The third-order valence-electron chi connectivity index (χ3n) is 1.07. The molecule has 0 amide bonds. The predicted octanol–water partition coefficient (Wildman–Crippen LogP) is 2.81. The molecule has 0 spiro atoms. The van der Waals surface area contributed by atoms with Crippen LogP contribution in [0.25, 0.3) is 0 Å². The molecule has 0 heterocycles. The summed E-state index contributed by atoms with van der Waals surface area (Å²) in [4.78, 5) is 10.2. The first kappa shape index (κ1) is 21.1. The Labute approximate surface area is 108 Å². The fourth-order valence-corrected chi connectivity index (χ4v) is 0.990. The first-order chi connectivity index (χ1) is 8.06. The van der Waals surface area contributed by atoms with Gasteiger partial charge >= 0.3 is 0 Å². The second-order valence-corrected chi connectivity index (χ2v) is 3.10. The fourth-order valence-electron chi connectivity index (χ4n) is 0.582. The number of phenols is 1. The molecule has 5 heteroatoms. The topological polar surface area (TPSA) is 83.5 Å². The van der Waals surface area contributed by atoms with Crippen LogP contribution >= 0.6 is 11.8 Å². The Hall–Kier alpha value is -1.20. The Bertz CT molecular complexity index is 259. The van der Waals surface area contributed by atoms with Gasteiger partial charge in [-0.25, -0.2) is 0 Å². The molecular formula is C12H23NO3S. The van der Waals surface area contributed by atoms with Gasteiger partial charge in [0.05, 0.1) is 0 Å². The maximum absolute atomic E-state index is 9.00. The van der Waals surface area contributed by atoms with Gasteiger partial charge in [-0.05, 0) is 37.6 Å². The van der Waals surface area contributed by atoms with Crippen molar-refractivity contribution >= 4 is 17.7 Å². The quantitative estimate of drug-likeness (QED) is 0.677. The van der Waals surface area contributed by atoms with Gasteiger partial charge in [0.25, 0.3) is 5.97 Å². The molecule has 0 aromatic heterocycles. The summed E-state index contributed by atoms with van der Waals surface area (Å²) in [6.45, 7) is 5.08. The third kappa shape index (κ3) is 20.8. The zero-order chi connectivity index (χ0) is 14.3. The fraction of sp³-hybridized carbons (Fsp3) is 0.417. The lowest BCUT2D eigenvalue weighted by molar-refractivity contribution is -0.134. The molecule has 0 aliphatic heterocycles. The van der Waals surface area contributed by atoms with Gasteiger partial charge in [0.2, 0.25) is 0 Å². The smallest absolute Gasteiger partial charge is 0.300 e. The summed E-state index contributed by atoms with van der Waals surface area (Å²) >= 11 is 1.67. The van der Waals surface area contributed by atoms with Crippen molar-refractivity contribution in [3.05, 3.63) is 24.3 Å². The Kier molecular flexibility index (Phi) is 21.4. The maximum atomic E-state index is 9.00. The zero-order valence-electron chi connectivity index (χ0n) is 11.1. The molecule has 0 aliphatic carbocycles. The van der Waals surface area contributed by atoms with Crippen molar-refractivity contribution in [3.63, 3.8) is 0 Å². The molecule has 100 valence electrons. The molecule has 1 aromatic rings. The second-order valence-electron chi connectivity index (χ2n) is 2.22. The molecule has 0 radical (unpaired) electrons. The van der Waals surface area contributed by atoms with Crippen LogP contribution in [0.1, 0.15) is 20.8 Å². The van der Waals surface area contributed by atoms with Crippen LogP contribution in [0.4, 0.5) is 0 Å². The minimum atomic E-state index is -0.833. The monoisotopic (exact) mass is 261 g/mol. The van der Waals surface area contributed by atoms with Crippen molar-refractivity contribution in [2.75, 3.05) is 13.3 Å². The Morgan fingerprint density at radius 3 is 1.71 bits per heavy atom.